The topological polar surface area (TPSA) is 74.0 Å². The molecule has 0 aliphatic carbocycles. The van der Waals surface area contributed by atoms with Crippen LogP contribution in [-0.4, -0.2) is 33.4 Å². The Bertz CT molecular complexity index is 827. The molecule has 2 atom stereocenters. The molecule has 142 valence electrons. The Hall–Kier alpha value is -2.22. The van der Waals surface area contributed by atoms with Crippen LogP contribution in [0.1, 0.15) is 50.6 Å². The van der Waals surface area contributed by atoms with Gasteiger partial charge < -0.3 is 5.32 Å². The van der Waals surface area contributed by atoms with Crippen molar-refractivity contribution in [2.45, 2.75) is 45.1 Å². The Morgan fingerprint density at radius 3 is 2.63 bits per heavy atom. The quantitative estimate of drug-likeness (QED) is 0.814. The van der Waals surface area contributed by atoms with E-state index in [1.807, 2.05) is 35.0 Å². The minimum Gasteiger partial charge on any atom is -0.310 e. The van der Waals surface area contributed by atoms with E-state index in [0.717, 1.165) is 50.8 Å². The van der Waals surface area contributed by atoms with Crippen molar-refractivity contribution in [3.8, 4) is 17.3 Å². The molecule has 0 bridgehead atoms. The SMILES string of the molecule is CC(=O)Nc1c(C#N)c(-c2ccccc2)nn1C1CCCCN(P)CCC1. The highest BCUT2D eigenvalue weighted by Gasteiger charge is 2.25. The number of nitrogens with zero attached hydrogens (tertiary/aromatic N) is 4. The average molecular weight is 383 g/mol. The zero-order valence-corrected chi connectivity index (χ0v) is 16.8. The maximum absolute atomic E-state index is 11.8. The summed E-state index contributed by atoms with van der Waals surface area (Å²) in [6.07, 6.45) is 5.24. The largest absolute Gasteiger partial charge is 0.310 e. The van der Waals surface area contributed by atoms with Gasteiger partial charge in [0.1, 0.15) is 23.1 Å². The van der Waals surface area contributed by atoms with Crippen LogP contribution in [0.5, 0.6) is 0 Å². The van der Waals surface area contributed by atoms with Gasteiger partial charge in [-0.25, -0.2) is 4.68 Å². The fourth-order valence-electron chi connectivity index (χ4n) is 3.61. The number of benzene rings is 1. The van der Waals surface area contributed by atoms with E-state index in [-0.39, 0.29) is 11.9 Å². The number of carbonyl (C=O) groups excluding carboxylic acids is 1. The first-order valence-corrected chi connectivity index (χ1v) is 9.97. The molecular weight excluding hydrogens is 357 g/mol. The molecule has 1 aliphatic rings. The Labute approximate surface area is 162 Å². The molecular formula is C20H26N5OP. The summed E-state index contributed by atoms with van der Waals surface area (Å²) < 4.78 is 4.18. The summed E-state index contributed by atoms with van der Waals surface area (Å²) in [5, 5.41) is 17.5. The second-order valence-electron chi connectivity index (χ2n) is 7.00. The molecule has 1 saturated heterocycles. The Kier molecular flexibility index (Phi) is 6.60. The third-order valence-electron chi connectivity index (χ3n) is 4.93. The van der Waals surface area contributed by atoms with Gasteiger partial charge in [-0.1, -0.05) is 46.1 Å². The fourth-order valence-corrected chi connectivity index (χ4v) is 3.98. The van der Waals surface area contributed by atoms with Gasteiger partial charge in [-0.2, -0.15) is 10.4 Å². The molecule has 1 aromatic heterocycles. The summed E-state index contributed by atoms with van der Waals surface area (Å²) in [4.78, 5) is 11.8. The summed E-state index contributed by atoms with van der Waals surface area (Å²) >= 11 is 0. The van der Waals surface area contributed by atoms with Gasteiger partial charge in [0.15, 0.2) is 0 Å². The predicted octanol–water partition coefficient (Wildman–Crippen LogP) is 3.98. The second-order valence-corrected chi connectivity index (χ2v) is 7.73. The summed E-state index contributed by atoms with van der Waals surface area (Å²) in [6.45, 7) is 3.57. The minimum atomic E-state index is -0.188. The Balaban J connectivity index is 2.03. The van der Waals surface area contributed by atoms with Crippen LogP contribution in [0.15, 0.2) is 30.3 Å². The Morgan fingerprint density at radius 2 is 1.93 bits per heavy atom. The van der Waals surface area contributed by atoms with E-state index in [9.17, 15) is 10.1 Å². The van der Waals surface area contributed by atoms with Gasteiger partial charge in [0.2, 0.25) is 5.91 Å². The van der Waals surface area contributed by atoms with Gasteiger partial charge in [-0.15, -0.1) is 0 Å². The lowest BCUT2D eigenvalue weighted by molar-refractivity contribution is -0.114. The summed E-state index contributed by atoms with van der Waals surface area (Å²) in [5.41, 5.74) is 1.96. The van der Waals surface area contributed by atoms with Crippen LogP contribution in [0, 0.1) is 11.3 Å². The van der Waals surface area contributed by atoms with Gasteiger partial charge >= 0.3 is 0 Å². The smallest absolute Gasteiger partial charge is 0.222 e. The van der Waals surface area contributed by atoms with E-state index in [4.69, 9.17) is 5.10 Å². The number of nitrogens with one attached hydrogen (secondary N) is 1. The van der Waals surface area contributed by atoms with E-state index in [0.29, 0.717) is 17.1 Å². The van der Waals surface area contributed by atoms with Crippen molar-refractivity contribution >= 4 is 21.1 Å². The number of hydrogen-bond donors (Lipinski definition) is 1. The van der Waals surface area contributed by atoms with Crippen molar-refractivity contribution in [3.63, 3.8) is 0 Å². The average Bonchev–Trinajstić information content (AvgIpc) is 3.05. The van der Waals surface area contributed by atoms with Crippen molar-refractivity contribution in [2.24, 2.45) is 0 Å². The monoisotopic (exact) mass is 383 g/mol. The van der Waals surface area contributed by atoms with Crippen LogP contribution in [-0.2, 0) is 4.79 Å². The maximum atomic E-state index is 11.8. The van der Waals surface area contributed by atoms with Crippen molar-refractivity contribution in [3.05, 3.63) is 35.9 Å². The van der Waals surface area contributed by atoms with Gasteiger partial charge in [-0.05, 0) is 25.7 Å². The van der Waals surface area contributed by atoms with E-state index in [2.05, 4.69) is 25.4 Å². The number of aromatic nitrogens is 2. The van der Waals surface area contributed by atoms with E-state index in [1.54, 1.807) is 0 Å². The van der Waals surface area contributed by atoms with Gasteiger partial charge in [0, 0.05) is 25.6 Å². The van der Waals surface area contributed by atoms with Crippen molar-refractivity contribution in [1.29, 1.82) is 5.26 Å². The molecule has 0 radical (unpaired) electrons. The Morgan fingerprint density at radius 1 is 1.22 bits per heavy atom. The van der Waals surface area contributed by atoms with Gasteiger partial charge in [0.05, 0.1) is 6.04 Å². The third kappa shape index (κ3) is 4.74. The maximum Gasteiger partial charge on any atom is 0.222 e. The molecule has 27 heavy (non-hydrogen) atoms. The highest BCUT2D eigenvalue weighted by Crippen LogP contribution is 2.34. The first-order chi connectivity index (χ1) is 13.1. The molecule has 0 saturated carbocycles. The summed E-state index contributed by atoms with van der Waals surface area (Å²) in [6, 6.07) is 12.1. The van der Waals surface area contributed by atoms with Crippen LogP contribution in [0.2, 0.25) is 0 Å². The molecule has 3 rings (SSSR count). The van der Waals surface area contributed by atoms with E-state index < -0.39 is 0 Å². The molecule has 2 heterocycles. The minimum absolute atomic E-state index is 0.174. The lowest BCUT2D eigenvalue weighted by Gasteiger charge is -2.19. The van der Waals surface area contributed by atoms with Crippen LogP contribution < -0.4 is 5.32 Å². The zero-order chi connectivity index (χ0) is 19.2. The lowest BCUT2D eigenvalue weighted by atomic mass is 10.1. The molecule has 1 N–H and O–H groups in total. The van der Waals surface area contributed by atoms with Gasteiger partial charge in [-0.3, -0.25) is 9.46 Å². The van der Waals surface area contributed by atoms with E-state index >= 15 is 0 Å². The molecule has 1 aromatic carbocycles. The molecule has 2 unspecified atom stereocenters. The molecule has 7 heteroatoms. The van der Waals surface area contributed by atoms with E-state index in [1.165, 1.54) is 6.92 Å². The van der Waals surface area contributed by atoms with Crippen LogP contribution in [0.3, 0.4) is 0 Å². The molecule has 1 aliphatic heterocycles. The zero-order valence-electron chi connectivity index (χ0n) is 15.7. The normalized spacial score (nSPS) is 18.8. The number of carbonyl (C=O) groups is 1. The van der Waals surface area contributed by atoms with Crippen molar-refractivity contribution in [2.75, 3.05) is 18.4 Å². The van der Waals surface area contributed by atoms with Crippen molar-refractivity contribution < 1.29 is 4.79 Å². The van der Waals surface area contributed by atoms with Crippen LogP contribution >= 0.6 is 9.39 Å². The first kappa shape index (κ1) is 19.5. The number of hydrogen-bond acceptors (Lipinski definition) is 4. The summed E-state index contributed by atoms with van der Waals surface area (Å²) in [7, 11) is 2.80. The first-order valence-electron chi connectivity index (χ1n) is 9.45. The number of rotatable bonds is 3. The molecule has 6 nitrogen and oxygen atoms in total. The standard InChI is InChI=1S/C20H26N5OP/c1-15(26)22-20-18(14-21)19(16-8-3-2-4-9-16)23-25(20)17-10-5-6-12-24(27)13-7-11-17/h2-4,8-9,17H,5-7,10-13,27H2,1H3,(H,22,26). The lowest BCUT2D eigenvalue weighted by Crippen LogP contribution is -2.18. The number of amides is 1. The predicted molar refractivity (Wildman–Crippen MR) is 110 cm³/mol. The van der Waals surface area contributed by atoms with Gasteiger partial charge in [0.25, 0.3) is 0 Å². The molecule has 1 amide bonds. The van der Waals surface area contributed by atoms with Crippen LogP contribution in [0.4, 0.5) is 5.82 Å². The number of nitriles is 1. The molecule has 1 fully saturated rings. The second kappa shape index (κ2) is 9.12. The fraction of sp³-hybridized carbons (Fsp3) is 0.450. The molecule has 0 spiro atoms. The van der Waals surface area contributed by atoms with Crippen LogP contribution in [0.25, 0.3) is 11.3 Å². The van der Waals surface area contributed by atoms with Crippen molar-refractivity contribution in [1.82, 2.24) is 14.5 Å². The number of anilines is 1. The highest BCUT2D eigenvalue weighted by atomic mass is 31.0. The molecule has 2 aromatic rings. The third-order valence-corrected chi connectivity index (χ3v) is 5.44. The summed E-state index contributed by atoms with van der Waals surface area (Å²) in [5.74, 6) is 0.335. The highest BCUT2D eigenvalue weighted by molar-refractivity contribution is 7.13.